The van der Waals surface area contributed by atoms with Crippen LogP contribution in [0.25, 0.3) is 0 Å². The monoisotopic (exact) mass is 273 g/mol. The SMILES string of the molecule is Cn1ncnc1SCc1ccc(C#CCCO)cc1. The Morgan fingerprint density at radius 2 is 2.11 bits per heavy atom. The Hall–Kier alpha value is -1.77. The number of aliphatic hydroxyl groups excluding tert-OH is 1. The smallest absolute Gasteiger partial charge is 0.186 e. The lowest BCUT2D eigenvalue weighted by atomic mass is 10.1. The van der Waals surface area contributed by atoms with Gasteiger partial charge in [0.05, 0.1) is 6.61 Å². The number of nitrogens with zero attached hydrogens (tertiary/aromatic N) is 3. The Morgan fingerprint density at radius 1 is 1.32 bits per heavy atom. The summed E-state index contributed by atoms with van der Waals surface area (Å²) in [6.07, 6.45) is 2.08. The van der Waals surface area contributed by atoms with Gasteiger partial charge >= 0.3 is 0 Å². The maximum atomic E-state index is 8.65. The van der Waals surface area contributed by atoms with Crippen molar-refractivity contribution in [2.75, 3.05) is 6.61 Å². The molecule has 0 spiro atoms. The van der Waals surface area contributed by atoms with Gasteiger partial charge in [-0.05, 0) is 17.7 Å². The average Bonchev–Trinajstić information content (AvgIpc) is 2.84. The fourth-order valence-corrected chi connectivity index (χ4v) is 2.31. The van der Waals surface area contributed by atoms with Gasteiger partial charge in [0.2, 0.25) is 0 Å². The summed E-state index contributed by atoms with van der Waals surface area (Å²) >= 11 is 1.65. The molecule has 2 aromatic rings. The van der Waals surface area contributed by atoms with Crippen LogP contribution in [0.2, 0.25) is 0 Å². The molecule has 0 atom stereocenters. The van der Waals surface area contributed by atoms with Crippen molar-refractivity contribution < 1.29 is 5.11 Å². The van der Waals surface area contributed by atoms with Gasteiger partial charge in [0.1, 0.15) is 6.33 Å². The maximum absolute atomic E-state index is 8.65. The van der Waals surface area contributed by atoms with Crippen LogP contribution in [0.1, 0.15) is 17.5 Å². The van der Waals surface area contributed by atoms with Gasteiger partial charge in [-0.15, -0.1) is 0 Å². The van der Waals surface area contributed by atoms with Gasteiger partial charge < -0.3 is 5.11 Å². The summed E-state index contributed by atoms with van der Waals surface area (Å²) in [6.45, 7) is 0.111. The molecule has 0 saturated heterocycles. The highest BCUT2D eigenvalue weighted by molar-refractivity contribution is 7.98. The predicted molar refractivity (Wildman–Crippen MR) is 75.6 cm³/mol. The highest BCUT2D eigenvalue weighted by atomic mass is 32.2. The second-order valence-corrected chi connectivity index (χ2v) is 4.87. The van der Waals surface area contributed by atoms with E-state index in [4.69, 9.17) is 5.11 Å². The third-order valence-corrected chi connectivity index (χ3v) is 3.57. The number of hydrogen-bond donors (Lipinski definition) is 1. The van der Waals surface area contributed by atoms with Crippen LogP contribution in [0.15, 0.2) is 35.7 Å². The van der Waals surface area contributed by atoms with Crippen LogP contribution in [-0.2, 0) is 12.8 Å². The van der Waals surface area contributed by atoms with E-state index in [1.54, 1.807) is 22.8 Å². The van der Waals surface area contributed by atoms with E-state index in [9.17, 15) is 0 Å². The van der Waals surface area contributed by atoms with Crippen LogP contribution in [-0.4, -0.2) is 26.5 Å². The van der Waals surface area contributed by atoms with Gasteiger partial charge in [0, 0.05) is 24.8 Å². The van der Waals surface area contributed by atoms with Crippen LogP contribution in [0, 0.1) is 11.8 Å². The third-order valence-electron chi connectivity index (χ3n) is 2.46. The van der Waals surface area contributed by atoms with Gasteiger partial charge in [0.25, 0.3) is 0 Å². The van der Waals surface area contributed by atoms with E-state index < -0.39 is 0 Å². The number of thioether (sulfide) groups is 1. The summed E-state index contributed by atoms with van der Waals surface area (Å²) in [5.74, 6) is 6.77. The predicted octanol–water partition coefficient (Wildman–Crippen LogP) is 1.84. The molecule has 0 bridgehead atoms. The summed E-state index contributed by atoms with van der Waals surface area (Å²) in [4.78, 5) is 4.17. The van der Waals surface area contributed by atoms with Gasteiger partial charge in [0.15, 0.2) is 5.16 Å². The molecule has 0 aliphatic carbocycles. The van der Waals surface area contributed by atoms with E-state index >= 15 is 0 Å². The minimum Gasteiger partial charge on any atom is -0.395 e. The summed E-state index contributed by atoms with van der Waals surface area (Å²) in [5.41, 5.74) is 2.20. The molecule has 1 aromatic carbocycles. The second-order valence-electron chi connectivity index (χ2n) is 3.93. The summed E-state index contributed by atoms with van der Waals surface area (Å²) < 4.78 is 1.76. The Morgan fingerprint density at radius 3 is 2.74 bits per heavy atom. The van der Waals surface area contributed by atoms with E-state index in [0.717, 1.165) is 16.5 Å². The minimum absolute atomic E-state index is 0.111. The Kier molecular flexibility index (Phi) is 5.01. The van der Waals surface area contributed by atoms with Crippen molar-refractivity contribution in [1.82, 2.24) is 14.8 Å². The summed E-state index contributed by atoms with van der Waals surface area (Å²) in [5, 5.41) is 13.6. The molecule has 1 heterocycles. The molecule has 2 rings (SSSR count). The van der Waals surface area contributed by atoms with Gasteiger partial charge in [-0.2, -0.15) is 5.10 Å². The lowest BCUT2D eigenvalue weighted by molar-refractivity contribution is 0.305. The topological polar surface area (TPSA) is 50.9 Å². The molecule has 5 heteroatoms. The zero-order valence-electron chi connectivity index (χ0n) is 10.7. The van der Waals surface area contributed by atoms with Gasteiger partial charge in [-0.3, -0.25) is 0 Å². The standard InChI is InChI=1S/C14H15N3OS/c1-17-14(15-11-16-17)19-10-13-7-5-12(6-8-13)4-2-3-9-18/h5-8,11,18H,3,9-10H2,1H3. The quantitative estimate of drug-likeness (QED) is 0.682. The van der Waals surface area contributed by atoms with E-state index in [1.165, 1.54) is 5.56 Å². The fraction of sp³-hybridized carbons (Fsp3) is 0.286. The van der Waals surface area contributed by atoms with Crippen LogP contribution >= 0.6 is 11.8 Å². The van der Waals surface area contributed by atoms with Crippen LogP contribution < -0.4 is 0 Å². The van der Waals surface area contributed by atoms with Crippen molar-refractivity contribution in [3.63, 3.8) is 0 Å². The van der Waals surface area contributed by atoms with E-state index in [-0.39, 0.29) is 6.61 Å². The summed E-state index contributed by atoms with van der Waals surface area (Å²) in [7, 11) is 1.88. The molecule has 1 aromatic heterocycles. The van der Waals surface area contributed by atoms with Crippen LogP contribution in [0.4, 0.5) is 0 Å². The Balaban J connectivity index is 1.92. The normalized spacial score (nSPS) is 10.0. The van der Waals surface area contributed by atoms with Gasteiger partial charge in [-0.1, -0.05) is 35.7 Å². The zero-order valence-corrected chi connectivity index (χ0v) is 11.5. The van der Waals surface area contributed by atoms with Crippen LogP contribution in [0.3, 0.4) is 0 Å². The second kappa shape index (κ2) is 6.98. The molecule has 0 saturated carbocycles. The number of aliphatic hydroxyl groups is 1. The van der Waals surface area contributed by atoms with Crippen molar-refractivity contribution >= 4 is 11.8 Å². The molecule has 0 amide bonds. The van der Waals surface area contributed by atoms with Crippen molar-refractivity contribution in [2.24, 2.45) is 7.05 Å². The molecular weight excluding hydrogens is 258 g/mol. The zero-order chi connectivity index (χ0) is 13.5. The van der Waals surface area contributed by atoms with Crippen LogP contribution in [0.5, 0.6) is 0 Å². The molecule has 19 heavy (non-hydrogen) atoms. The molecule has 4 nitrogen and oxygen atoms in total. The molecule has 1 N–H and O–H groups in total. The van der Waals surface area contributed by atoms with Crippen molar-refractivity contribution in [3.05, 3.63) is 41.7 Å². The number of aromatic nitrogens is 3. The largest absolute Gasteiger partial charge is 0.395 e. The number of benzene rings is 1. The van der Waals surface area contributed by atoms with Gasteiger partial charge in [-0.25, -0.2) is 9.67 Å². The van der Waals surface area contributed by atoms with Crippen molar-refractivity contribution in [3.8, 4) is 11.8 Å². The molecule has 0 aliphatic rings. The molecule has 0 aliphatic heterocycles. The van der Waals surface area contributed by atoms with E-state index in [2.05, 4.69) is 34.1 Å². The van der Waals surface area contributed by atoms with E-state index in [0.29, 0.717) is 6.42 Å². The van der Waals surface area contributed by atoms with Crippen molar-refractivity contribution in [2.45, 2.75) is 17.3 Å². The first kappa shape index (κ1) is 13.7. The average molecular weight is 273 g/mol. The first-order valence-electron chi connectivity index (χ1n) is 5.95. The summed E-state index contributed by atoms with van der Waals surface area (Å²) in [6, 6.07) is 8.12. The maximum Gasteiger partial charge on any atom is 0.186 e. The highest BCUT2D eigenvalue weighted by Gasteiger charge is 2.01. The highest BCUT2D eigenvalue weighted by Crippen LogP contribution is 2.19. The fourth-order valence-electron chi connectivity index (χ4n) is 1.47. The first-order chi connectivity index (χ1) is 9.29. The lowest BCUT2D eigenvalue weighted by Gasteiger charge is -2.01. The molecule has 0 unspecified atom stereocenters. The van der Waals surface area contributed by atoms with Crippen molar-refractivity contribution in [1.29, 1.82) is 0 Å². The number of aryl methyl sites for hydroxylation is 1. The number of hydrogen-bond acceptors (Lipinski definition) is 4. The third kappa shape index (κ3) is 4.12. The lowest BCUT2D eigenvalue weighted by Crippen LogP contribution is -1.93. The minimum atomic E-state index is 0.111. The first-order valence-corrected chi connectivity index (χ1v) is 6.93. The molecule has 0 fully saturated rings. The molecule has 0 radical (unpaired) electrons. The number of rotatable bonds is 4. The van der Waals surface area contributed by atoms with E-state index in [1.807, 2.05) is 19.2 Å². The Labute approximate surface area is 116 Å². The Bertz CT molecular complexity index is 581. The molecule has 98 valence electrons. The molecular formula is C14H15N3OS.